The maximum Gasteiger partial charge on any atom is 0.315 e. The van der Waals surface area contributed by atoms with Crippen molar-refractivity contribution in [2.24, 2.45) is 5.73 Å². The largest absolute Gasteiger partial charge is 0.457 e. The zero-order valence-corrected chi connectivity index (χ0v) is 19.2. The van der Waals surface area contributed by atoms with E-state index in [1.165, 1.54) is 4.90 Å². The Balaban J connectivity index is 1.35. The van der Waals surface area contributed by atoms with Crippen molar-refractivity contribution in [3.63, 3.8) is 0 Å². The number of carbonyl (C=O) groups is 2. The average Bonchev–Trinajstić information content (AvgIpc) is 3.10. The quantitative estimate of drug-likeness (QED) is 0.513. The molecule has 0 saturated carbocycles. The van der Waals surface area contributed by atoms with Crippen LogP contribution in [-0.2, 0) is 27.8 Å². The molecular weight excluding hydrogens is 454 g/mol. The molecule has 1 saturated heterocycles. The Hall–Kier alpha value is -3.85. The number of carbonyl (C=O) groups excluding carboxylic acids is 2. The highest BCUT2D eigenvalue weighted by molar-refractivity contribution is 7.90. The second-order valence-electron chi connectivity index (χ2n) is 8.07. The first-order valence-electron chi connectivity index (χ1n) is 10.8. The van der Waals surface area contributed by atoms with Crippen LogP contribution in [-0.4, -0.2) is 31.8 Å². The predicted octanol–water partition coefficient (Wildman–Crippen LogP) is 3.49. The smallest absolute Gasteiger partial charge is 0.315 e. The minimum atomic E-state index is -3.69. The van der Waals surface area contributed by atoms with E-state index >= 15 is 0 Å². The summed E-state index contributed by atoms with van der Waals surface area (Å²) >= 11 is 0. The van der Waals surface area contributed by atoms with E-state index in [1.807, 2.05) is 59.3 Å². The van der Waals surface area contributed by atoms with Gasteiger partial charge in [-0.2, -0.15) is 0 Å². The Bertz CT molecular complexity index is 1260. The SMILES string of the molecule is NC(=O)N(CCc1ccc(Oc2ccccc2)cc1)Cc1ccc(C2CC(=O)NS2(=O)=O)cc1. The third-order valence-corrected chi connectivity index (χ3v) is 7.31. The van der Waals surface area contributed by atoms with Crippen molar-refractivity contribution >= 4 is 22.0 Å². The van der Waals surface area contributed by atoms with Crippen LogP contribution in [0.1, 0.15) is 28.4 Å². The monoisotopic (exact) mass is 479 g/mol. The fraction of sp³-hybridized carbons (Fsp3) is 0.200. The van der Waals surface area contributed by atoms with Crippen molar-refractivity contribution in [2.75, 3.05) is 6.54 Å². The first-order valence-corrected chi connectivity index (χ1v) is 12.3. The fourth-order valence-electron chi connectivity index (χ4n) is 3.78. The molecule has 3 N–H and O–H groups in total. The summed E-state index contributed by atoms with van der Waals surface area (Å²) < 4.78 is 31.9. The lowest BCUT2D eigenvalue weighted by Gasteiger charge is -2.21. The number of sulfonamides is 1. The molecule has 0 bridgehead atoms. The van der Waals surface area contributed by atoms with Gasteiger partial charge in [-0.25, -0.2) is 13.2 Å². The molecule has 0 spiro atoms. The van der Waals surface area contributed by atoms with Crippen molar-refractivity contribution in [3.8, 4) is 11.5 Å². The van der Waals surface area contributed by atoms with Crippen LogP contribution in [0.25, 0.3) is 0 Å². The number of amides is 3. The van der Waals surface area contributed by atoms with Gasteiger partial charge >= 0.3 is 6.03 Å². The normalized spacial score (nSPS) is 16.6. The molecule has 34 heavy (non-hydrogen) atoms. The molecule has 4 rings (SSSR count). The van der Waals surface area contributed by atoms with Gasteiger partial charge in [0.05, 0.1) is 6.42 Å². The molecule has 1 fully saturated rings. The number of benzene rings is 3. The highest BCUT2D eigenvalue weighted by Crippen LogP contribution is 2.30. The highest BCUT2D eigenvalue weighted by atomic mass is 32.2. The Morgan fingerprint density at radius 1 is 0.941 bits per heavy atom. The van der Waals surface area contributed by atoms with Gasteiger partial charge in [-0.15, -0.1) is 0 Å². The summed E-state index contributed by atoms with van der Waals surface area (Å²) in [5.41, 5.74) is 7.96. The van der Waals surface area contributed by atoms with Crippen molar-refractivity contribution in [1.29, 1.82) is 0 Å². The number of ether oxygens (including phenoxy) is 1. The fourth-order valence-corrected chi connectivity index (χ4v) is 5.21. The van der Waals surface area contributed by atoms with Crippen LogP contribution in [0.2, 0.25) is 0 Å². The highest BCUT2D eigenvalue weighted by Gasteiger charge is 2.37. The van der Waals surface area contributed by atoms with E-state index in [1.54, 1.807) is 24.3 Å². The van der Waals surface area contributed by atoms with E-state index in [2.05, 4.69) is 0 Å². The molecule has 1 aliphatic heterocycles. The molecule has 1 heterocycles. The van der Waals surface area contributed by atoms with E-state index in [-0.39, 0.29) is 6.42 Å². The number of hydrogen-bond donors (Lipinski definition) is 2. The van der Waals surface area contributed by atoms with Gasteiger partial charge in [-0.3, -0.25) is 9.52 Å². The Morgan fingerprint density at radius 2 is 1.56 bits per heavy atom. The second-order valence-corrected chi connectivity index (χ2v) is 9.94. The molecule has 8 nitrogen and oxygen atoms in total. The maximum absolute atomic E-state index is 12.0. The number of rotatable bonds is 8. The Kier molecular flexibility index (Phi) is 6.83. The molecule has 0 aromatic heterocycles. The summed E-state index contributed by atoms with van der Waals surface area (Å²) in [6.45, 7) is 0.713. The van der Waals surface area contributed by atoms with Gasteiger partial charge in [-0.1, -0.05) is 54.6 Å². The Labute approximate surface area is 198 Å². The number of nitrogens with one attached hydrogen (secondary N) is 1. The third-order valence-electron chi connectivity index (χ3n) is 5.61. The van der Waals surface area contributed by atoms with Crippen LogP contribution >= 0.6 is 0 Å². The zero-order valence-electron chi connectivity index (χ0n) is 18.4. The topological polar surface area (TPSA) is 119 Å². The minimum Gasteiger partial charge on any atom is -0.457 e. The summed E-state index contributed by atoms with van der Waals surface area (Å²) in [6.07, 6.45) is 0.519. The van der Waals surface area contributed by atoms with E-state index < -0.39 is 27.2 Å². The van der Waals surface area contributed by atoms with Gasteiger partial charge in [0.25, 0.3) is 0 Å². The van der Waals surface area contributed by atoms with Crippen molar-refractivity contribution in [2.45, 2.75) is 24.6 Å². The number of para-hydroxylation sites is 1. The summed E-state index contributed by atoms with van der Waals surface area (Å²) in [7, 11) is -3.69. The number of primary amides is 1. The first-order chi connectivity index (χ1) is 16.3. The van der Waals surface area contributed by atoms with Gasteiger partial charge in [0.2, 0.25) is 15.9 Å². The minimum absolute atomic E-state index is 0.0930. The lowest BCUT2D eigenvalue weighted by atomic mass is 10.1. The predicted molar refractivity (Wildman–Crippen MR) is 128 cm³/mol. The first kappa shape index (κ1) is 23.3. The number of urea groups is 1. The summed E-state index contributed by atoms with van der Waals surface area (Å²) in [4.78, 5) is 25.0. The number of hydrogen-bond acceptors (Lipinski definition) is 5. The van der Waals surface area contributed by atoms with E-state index in [0.29, 0.717) is 25.1 Å². The van der Waals surface area contributed by atoms with Gasteiger partial charge in [0, 0.05) is 13.1 Å². The lowest BCUT2D eigenvalue weighted by Crippen LogP contribution is -2.36. The molecule has 0 radical (unpaired) electrons. The second kappa shape index (κ2) is 9.96. The van der Waals surface area contributed by atoms with E-state index in [4.69, 9.17) is 10.5 Å². The molecule has 9 heteroatoms. The summed E-state index contributed by atoms with van der Waals surface area (Å²) in [5.74, 6) is 0.978. The molecule has 1 unspecified atom stereocenters. The van der Waals surface area contributed by atoms with Crippen LogP contribution in [0, 0.1) is 0 Å². The molecule has 1 aliphatic rings. The van der Waals surface area contributed by atoms with Crippen LogP contribution in [0.4, 0.5) is 4.79 Å². The van der Waals surface area contributed by atoms with Crippen molar-refractivity contribution < 1.29 is 22.7 Å². The number of nitrogens with two attached hydrogens (primary N) is 1. The Morgan fingerprint density at radius 3 is 2.15 bits per heavy atom. The molecule has 3 aromatic carbocycles. The zero-order chi connectivity index (χ0) is 24.1. The van der Waals surface area contributed by atoms with Crippen LogP contribution in [0.5, 0.6) is 11.5 Å². The molecule has 3 amide bonds. The summed E-state index contributed by atoms with van der Waals surface area (Å²) in [5, 5.41) is -0.893. The van der Waals surface area contributed by atoms with Gasteiger partial charge in [-0.05, 0) is 47.4 Å². The van der Waals surface area contributed by atoms with Crippen LogP contribution < -0.4 is 15.2 Å². The number of nitrogens with zero attached hydrogens (tertiary/aromatic N) is 1. The van der Waals surface area contributed by atoms with Gasteiger partial charge < -0.3 is 15.4 Å². The van der Waals surface area contributed by atoms with Gasteiger partial charge in [0.15, 0.2) is 0 Å². The molecule has 176 valence electrons. The molecular formula is C25H25N3O5S. The molecule has 1 atom stereocenters. The average molecular weight is 480 g/mol. The maximum atomic E-state index is 12.0. The molecule has 0 aliphatic carbocycles. The van der Waals surface area contributed by atoms with E-state index in [0.717, 1.165) is 22.6 Å². The van der Waals surface area contributed by atoms with Crippen LogP contribution in [0.15, 0.2) is 78.9 Å². The van der Waals surface area contributed by atoms with Crippen molar-refractivity contribution in [3.05, 3.63) is 95.6 Å². The standard InChI is InChI=1S/C25H25N3O5S/c26-25(30)28(15-14-18-8-12-22(13-9-18)33-21-4-2-1-3-5-21)17-19-6-10-20(11-7-19)23-16-24(29)27-34(23,31)32/h1-13,23H,14-17H2,(H2,26,30)(H,27,29). The van der Waals surface area contributed by atoms with Crippen LogP contribution in [0.3, 0.4) is 0 Å². The third kappa shape index (κ3) is 5.74. The lowest BCUT2D eigenvalue weighted by molar-refractivity contribution is -0.118. The molecule has 3 aromatic rings. The van der Waals surface area contributed by atoms with E-state index in [9.17, 15) is 18.0 Å². The van der Waals surface area contributed by atoms with Gasteiger partial charge in [0.1, 0.15) is 16.7 Å². The van der Waals surface area contributed by atoms with Crippen molar-refractivity contribution in [1.82, 2.24) is 9.62 Å². The summed E-state index contributed by atoms with van der Waals surface area (Å²) in [6, 6.07) is 23.5.